The third-order valence-corrected chi connectivity index (χ3v) is 5.31. The van der Waals surface area contributed by atoms with Crippen LogP contribution in [0.15, 0.2) is 43.0 Å². The first-order valence-electron chi connectivity index (χ1n) is 8.88. The van der Waals surface area contributed by atoms with Gasteiger partial charge in [0.05, 0.1) is 12.2 Å². The number of aromatic hydroxyl groups is 1. The Hall–Kier alpha value is -2.83. The molecule has 1 saturated heterocycles. The molecule has 7 heteroatoms. The third kappa shape index (κ3) is 3.42. The summed E-state index contributed by atoms with van der Waals surface area (Å²) in [6, 6.07) is 6.56. The molecule has 1 aromatic carbocycles. The molecule has 4 rings (SSSR count). The minimum Gasteiger partial charge on any atom is -0.508 e. The molecule has 0 radical (unpaired) electrons. The number of imidazole rings is 1. The molecule has 136 valence electrons. The van der Waals surface area contributed by atoms with E-state index in [-0.39, 0.29) is 35.3 Å². The van der Waals surface area contributed by atoms with Crippen LogP contribution >= 0.6 is 0 Å². The Balaban J connectivity index is 1.34. The summed E-state index contributed by atoms with van der Waals surface area (Å²) in [6.45, 7) is 1.83. The van der Waals surface area contributed by atoms with E-state index in [0.717, 1.165) is 19.4 Å². The lowest BCUT2D eigenvalue weighted by Crippen LogP contribution is -2.37. The van der Waals surface area contributed by atoms with Crippen LogP contribution in [-0.4, -0.2) is 39.6 Å². The molecule has 1 atom stereocenters. The van der Waals surface area contributed by atoms with Gasteiger partial charge in [0.15, 0.2) is 0 Å². The van der Waals surface area contributed by atoms with Gasteiger partial charge in [-0.05, 0) is 25.0 Å². The Bertz CT molecular complexity index is 814. The molecule has 1 aromatic heterocycles. The SMILES string of the molecule is O=C(NCC1(Cn2ccnc2)CC1)C1CC(=O)N(c2cccc(O)c2)C1. The van der Waals surface area contributed by atoms with Crippen LogP contribution in [0.4, 0.5) is 5.69 Å². The number of anilines is 1. The Labute approximate surface area is 151 Å². The topological polar surface area (TPSA) is 87.5 Å². The Morgan fingerprint density at radius 3 is 2.92 bits per heavy atom. The third-order valence-electron chi connectivity index (χ3n) is 5.31. The number of nitrogens with zero attached hydrogens (tertiary/aromatic N) is 3. The number of phenols is 1. The van der Waals surface area contributed by atoms with E-state index in [9.17, 15) is 14.7 Å². The number of nitrogens with one attached hydrogen (secondary N) is 1. The van der Waals surface area contributed by atoms with Crippen molar-refractivity contribution in [1.82, 2.24) is 14.9 Å². The fourth-order valence-corrected chi connectivity index (χ4v) is 3.55. The van der Waals surface area contributed by atoms with Gasteiger partial charge in [-0.2, -0.15) is 0 Å². The number of hydrogen-bond donors (Lipinski definition) is 2. The number of carbonyl (C=O) groups is 2. The molecule has 1 aliphatic carbocycles. The molecular formula is C19H22N4O3. The average molecular weight is 354 g/mol. The van der Waals surface area contributed by atoms with E-state index in [4.69, 9.17) is 0 Å². The van der Waals surface area contributed by atoms with Gasteiger partial charge in [-0.3, -0.25) is 9.59 Å². The van der Waals surface area contributed by atoms with Crippen LogP contribution in [0.2, 0.25) is 0 Å². The van der Waals surface area contributed by atoms with Crippen molar-refractivity contribution < 1.29 is 14.7 Å². The Morgan fingerprint density at radius 2 is 2.23 bits per heavy atom. The fourth-order valence-electron chi connectivity index (χ4n) is 3.55. The molecule has 0 spiro atoms. The van der Waals surface area contributed by atoms with Gasteiger partial charge < -0.3 is 19.9 Å². The van der Waals surface area contributed by atoms with E-state index >= 15 is 0 Å². The quantitative estimate of drug-likeness (QED) is 0.824. The number of hydrogen-bond acceptors (Lipinski definition) is 4. The van der Waals surface area contributed by atoms with E-state index in [2.05, 4.69) is 10.3 Å². The smallest absolute Gasteiger partial charge is 0.227 e. The number of benzene rings is 1. The van der Waals surface area contributed by atoms with E-state index < -0.39 is 0 Å². The molecule has 7 nitrogen and oxygen atoms in total. The standard InChI is InChI=1S/C19H22N4O3/c24-16-3-1-2-15(9-16)23-10-14(8-17(23)25)18(26)21-11-19(4-5-19)12-22-7-6-20-13-22/h1-3,6-7,9,13-14,24H,4-5,8,10-12H2,(H,21,26). The Morgan fingerprint density at radius 1 is 1.38 bits per heavy atom. The number of aromatic nitrogens is 2. The summed E-state index contributed by atoms with van der Waals surface area (Å²) in [5.41, 5.74) is 0.744. The second-order valence-electron chi connectivity index (χ2n) is 7.38. The van der Waals surface area contributed by atoms with Crippen molar-refractivity contribution in [3.63, 3.8) is 0 Å². The van der Waals surface area contributed by atoms with Crippen LogP contribution in [0.1, 0.15) is 19.3 Å². The van der Waals surface area contributed by atoms with Gasteiger partial charge in [0.1, 0.15) is 5.75 Å². The summed E-state index contributed by atoms with van der Waals surface area (Å²) in [7, 11) is 0. The van der Waals surface area contributed by atoms with E-state index in [1.807, 2.05) is 10.8 Å². The van der Waals surface area contributed by atoms with Crippen LogP contribution in [0, 0.1) is 11.3 Å². The van der Waals surface area contributed by atoms with Crippen LogP contribution in [0.3, 0.4) is 0 Å². The maximum atomic E-state index is 12.6. The first-order chi connectivity index (χ1) is 12.5. The predicted molar refractivity (Wildman–Crippen MR) is 95.5 cm³/mol. The predicted octanol–water partition coefficient (Wildman–Crippen LogP) is 1.54. The lowest BCUT2D eigenvalue weighted by molar-refractivity contribution is -0.126. The van der Waals surface area contributed by atoms with E-state index in [1.54, 1.807) is 41.7 Å². The lowest BCUT2D eigenvalue weighted by atomic mass is 10.1. The largest absolute Gasteiger partial charge is 0.508 e. The first-order valence-corrected chi connectivity index (χ1v) is 8.88. The number of carbonyl (C=O) groups excluding carboxylic acids is 2. The van der Waals surface area contributed by atoms with Gasteiger partial charge in [-0.15, -0.1) is 0 Å². The molecule has 2 N–H and O–H groups in total. The van der Waals surface area contributed by atoms with E-state index in [1.165, 1.54) is 0 Å². The van der Waals surface area contributed by atoms with Gasteiger partial charge in [0.2, 0.25) is 11.8 Å². The Kier molecular flexibility index (Phi) is 4.14. The summed E-state index contributed by atoms with van der Waals surface area (Å²) in [4.78, 5) is 30.5. The molecule has 1 unspecified atom stereocenters. The van der Waals surface area contributed by atoms with Gasteiger partial charge in [0.25, 0.3) is 0 Å². The molecule has 26 heavy (non-hydrogen) atoms. The van der Waals surface area contributed by atoms with Gasteiger partial charge in [0, 0.05) is 55.6 Å². The number of rotatable bonds is 6. The van der Waals surface area contributed by atoms with Gasteiger partial charge >= 0.3 is 0 Å². The summed E-state index contributed by atoms with van der Waals surface area (Å²) in [6.07, 6.45) is 7.87. The molecule has 1 saturated carbocycles. The van der Waals surface area contributed by atoms with Crippen molar-refractivity contribution in [2.24, 2.45) is 11.3 Å². The zero-order chi connectivity index (χ0) is 18.1. The summed E-state index contributed by atoms with van der Waals surface area (Å²) >= 11 is 0. The van der Waals surface area contributed by atoms with Crippen molar-refractivity contribution >= 4 is 17.5 Å². The van der Waals surface area contributed by atoms with Crippen LogP contribution in [0.5, 0.6) is 5.75 Å². The summed E-state index contributed by atoms with van der Waals surface area (Å²) in [5.74, 6) is -0.402. The zero-order valence-electron chi connectivity index (χ0n) is 14.5. The highest BCUT2D eigenvalue weighted by atomic mass is 16.3. The monoisotopic (exact) mass is 354 g/mol. The highest BCUT2D eigenvalue weighted by molar-refractivity contribution is 6.00. The fraction of sp³-hybridized carbons (Fsp3) is 0.421. The first kappa shape index (κ1) is 16.6. The molecule has 2 aliphatic rings. The van der Waals surface area contributed by atoms with Gasteiger partial charge in [-0.25, -0.2) is 4.98 Å². The summed E-state index contributed by atoms with van der Waals surface area (Å²) < 4.78 is 2.04. The minimum absolute atomic E-state index is 0.0714. The molecule has 2 aromatic rings. The second-order valence-corrected chi connectivity index (χ2v) is 7.38. The maximum absolute atomic E-state index is 12.6. The minimum atomic E-state index is -0.353. The van der Waals surface area contributed by atoms with E-state index in [0.29, 0.717) is 18.8 Å². The molecule has 2 fully saturated rings. The number of amides is 2. The summed E-state index contributed by atoms with van der Waals surface area (Å²) in [5, 5.41) is 12.6. The van der Waals surface area contributed by atoms with Crippen LogP contribution in [0.25, 0.3) is 0 Å². The molecule has 2 heterocycles. The van der Waals surface area contributed by atoms with Crippen molar-refractivity contribution in [2.75, 3.05) is 18.0 Å². The molecule has 1 aliphatic heterocycles. The number of phenolic OH excluding ortho intramolecular Hbond substituents is 1. The highest BCUT2D eigenvalue weighted by Gasteiger charge is 2.44. The van der Waals surface area contributed by atoms with Crippen LogP contribution < -0.4 is 10.2 Å². The van der Waals surface area contributed by atoms with Crippen molar-refractivity contribution in [3.05, 3.63) is 43.0 Å². The normalized spacial score (nSPS) is 21.0. The molecule has 0 bridgehead atoms. The maximum Gasteiger partial charge on any atom is 0.227 e. The van der Waals surface area contributed by atoms with Crippen molar-refractivity contribution in [2.45, 2.75) is 25.8 Å². The molecular weight excluding hydrogens is 332 g/mol. The lowest BCUT2D eigenvalue weighted by Gasteiger charge is -2.19. The molecule has 2 amide bonds. The second kappa shape index (κ2) is 6.48. The van der Waals surface area contributed by atoms with Gasteiger partial charge in [-0.1, -0.05) is 6.07 Å². The average Bonchev–Trinajstić information content (AvgIpc) is 3.01. The zero-order valence-corrected chi connectivity index (χ0v) is 14.5. The van der Waals surface area contributed by atoms with Crippen molar-refractivity contribution in [1.29, 1.82) is 0 Å². The van der Waals surface area contributed by atoms with Crippen LogP contribution in [-0.2, 0) is 16.1 Å². The highest BCUT2D eigenvalue weighted by Crippen LogP contribution is 2.46. The van der Waals surface area contributed by atoms with Crippen molar-refractivity contribution in [3.8, 4) is 5.75 Å².